The molecule has 1 N–H and O–H groups in total. The summed E-state index contributed by atoms with van der Waals surface area (Å²) < 4.78 is 11.3. The van der Waals surface area contributed by atoms with Gasteiger partial charge in [-0.25, -0.2) is 0 Å². The lowest BCUT2D eigenvalue weighted by Crippen LogP contribution is -2.38. The number of benzene rings is 1. The lowest BCUT2D eigenvalue weighted by molar-refractivity contribution is -0.123. The minimum atomic E-state index is -0.795. The van der Waals surface area contributed by atoms with E-state index in [9.17, 15) is 13.8 Å². The number of carbonyl (C=O) groups excluding carboxylic acids is 2. The predicted molar refractivity (Wildman–Crippen MR) is 88.2 cm³/mol. The first-order chi connectivity index (χ1) is 10.4. The molecule has 120 valence electrons. The Morgan fingerprint density at radius 3 is 2.50 bits per heavy atom. The monoisotopic (exact) mass is 321 g/mol. The highest BCUT2D eigenvalue weighted by atomic mass is 32.2. The van der Waals surface area contributed by atoms with Gasteiger partial charge in [-0.05, 0) is 11.8 Å². The molecular formula is C17H23NO3S. The van der Waals surface area contributed by atoms with Crippen LogP contribution in [0.1, 0.15) is 43.5 Å². The van der Waals surface area contributed by atoms with Gasteiger partial charge in [0.15, 0.2) is 5.78 Å². The molecule has 0 saturated carbocycles. The van der Waals surface area contributed by atoms with Crippen LogP contribution >= 0.6 is 0 Å². The van der Waals surface area contributed by atoms with E-state index < -0.39 is 16.2 Å². The van der Waals surface area contributed by atoms with Gasteiger partial charge in [-0.3, -0.25) is 13.8 Å². The second kappa shape index (κ2) is 7.18. The quantitative estimate of drug-likeness (QED) is 0.818. The minimum absolute atomic E-state index is 0.0222. The molecule has 5 heteroatoms. The van der Waals surface area contributed by atoms with Crippen molar-refractivity contribution in [3.05, 3.63) is 35.9 Å². The highest BCUT2D eigenvalue weighted by Crippen LogP contribution is 2.27. The number of carbonyl (C=O) groups is 2. The largest absolute Gasteiger partial charge is 0.352 e. The van der Waals surface area contributed by atoms with Crippen molar-refractivity contribution in [3.63, 3.8) is 0 Å². The van der Waals surface area contributed by atoms with Crippen molar-refractivity contribution in [1.82, 2.24) is 5.32 Å². The van der Waals surface area contributed by atoms with Crippen LogP contribution in [-0.4, -0.2) is 33.4 Å². The average Bonchev–Trinajstić information content (AvgIpc) is 2.83. The van der Waals surface area contributed by atoms with Crippen LogP contribution in [0.2, 0.25) is 0 Å². The second-order valence-corrected chi connectivity index (χ2v) is 8.29. The fourth-order valence-corrected chi connectivity index (χ4v) is 4.13. The highest BCUT2D eigenvalue weighted by Gasteiger charge is 2.28. The number of Topliss-reactive ketones (excluding diaryl/α,β-unsaturated/α-hetero) is 1. The van der Waals surface area contributed by atoms with E-state index in [-0.39, 0.29) is 17.7 Å². The van der Waals surface area contributed by atoms with Crippen molar-refractivity contribution >= 4 is 22.5 Å². The van der Waals surface area contributed by atoms with Crippen molar-refractivity contribution in [2.24, 2.45) is 5.41 Å². The van der Waals surface area contributed by atoms with Gasteiger partial charge in [-0.15, -0.1) is 0 Å². The van der Waals surface area contributed by atoms with Crippen LogP contribution in [0.15, 0.2) is 30.3 Å². The topological polar surface area (TPSA) is 63.2 Å². The minimum Gasteiger partial charge on any atom is -0.352 e. The van der Waals surface area contributed by atoms with E-state index in [2.05, 4.69) is 5.32 Å². The molecule has 1 heterocycles. The summed E-state index contributed by atoms with van der Waals surface area (Å²) in [6, 6.07) is 9.17. The smallest absolute Gasteiger partial charge is 0.220 e. The average molecular weight is 321 g/mol. The van der Waals surface area contributed by atoms with E-state index in [1.807, 2.05) is 32.0 Å². The molecule has 1 aromatic carbocycles. The Bertz CT molecular complexity index is 569. The van der Waals surface area contributed by atoms with Gasteiger partial charge in [0.05, 0.1) is 0 Å². The third kappa shape index (κ3) is 5.05. The van der Waals surface area contributed by atoms with Crippen molar-refractivity contribution < 1.29 is 13.8 Å². The molecule has 1 fully saturated rings. The molecule has 1 saturated heterocycles. The molecule has 0 aromatic heterocycles. The van der Waals surface area contributed by atoms with Crippen LogP contribution in [0.3, 0.4) is 0 Å². The van der Waals surface area contributed by atoms with E-state index in [0.29, 0.717) is 29.9 Å². The summed E-state index contributed by atoms with van der Waals surface area (Å²) in [5.74, 6) is 1.21. The van der Waals surface area contributed by atoms with E-state index in [1.54, 1.807) is 12.1 Å². The fraction of sp³-hybridized carbons (Fsp3) is 0.529. The van der Waals surface area contributed by atoms with Crippen LogP contribution in [-0.2, 0) is 15.6 Å². The third-order valence-electron chi connectivity index (χ3n) is 3.82. The van der Waals surface area contributed by atoms with Crippen molar-refractivity contribution in [2.45, 2.75) is 39.2 Å². The van der Waals surface area contributed by atoms with Gasteiger partial charge >= 0.3 is 0 Å². The van der Waals surface area contributed by atoms with Crippen molar-refractivity contribution in [3.8, 4) is 0 Å². The molecule has 0 spiro atoms. The maximum absolute atomic E-state index is 12.3. The summed E-state index contributed by atoms with van der Waals surface area (Å²) in [6.45, 7) is 3.86. The van der Waals surface area contributed by atoms with Crippen LogP contribution in [0, 0.1) is 5.41 Å². The van der Waals surface area contributed by atoms with E-state index >= 15 is 0 Å². The fourth-order valence-electron chi connectivity index (χ4n) is 2.72. The molecule has 0 aliphatic carbocycles. The first-order valence-electron chi connectivity index (χ1n) is 7.58. The Morgan fingerprint density at radius 1 is 1.23 bits per heavy atom. The standard InChI is InChI=1S/C17H23NO3S/c1-17(2,10-15(19)13-6-4-3-5-7-13)11-16(20)18-14-8-9-22(21)12-14/h3-7,14H,8-12H2,1-2H3,(H,18,20)/t14-,22+/m1/s1. The lowest BCUT2D eigenvalue weighted by atomic mass is 9.82. The second-order valence-electron chi connectivity index (χ2n) is 6.67. The van der Waals surface area contributed by atoms with Crippen molar-refractivity contribution in [2.75, 3.05) is 11.5 Å². The van der Waals surface area contributed by atoms with Gasteiger partial charge in [-0.2, -0.15) is 0 Å². The Labute approximate surface area is 134 Å². The summed E-state index contributed by atoms with van der Waals surface area (Å²) >= 11 is 0. The number of rotatable bonds is 6. The summed E-state index contributed by atoms with van der Waals surface area (Å²) in [6.07, 6.45) is 1.41. The first kappa shape index (κ1) is 16.9. The van der Waals surface area contributed by atoms with Gasteiger partial charge in [0.25, 0.3) is 0 Å². The van der Waals surface area contributed by atoms with E-state index in [0.717, 1.165) is 6.42 Å². The summed E-state index contributed by atoms with van der Waals surface area (Å²) in [5, 5.41) is 2.94. The van der Waals surface area contributed by atoms with Crippen LogP contribution in [0.4, 0.5) is 0 Å². The molecule has 22 heavy (non-hydrogen) atoms. The van der Waals surface area contributed by atoms with Crippen LogP contribution in [0.25, 0.3) is 0 Å². The summed E-state index contributed by atoms with van der Waals surface area (Å²) in [7, 11) is -0.795. The van der Waals surface area contributed by atoms with E-state index in [4.69, 9.17) is 0 Å². The molecule has 1 aliphatic rings. The van der Waals surface area contributed by atoms with Crippen LogP contribution in [0.5, 0.6) is 0 Å². The zero-order chi connectivity index (χ0) is 16.2. The number of hydrogen-bond acceptors (Lipinski definition) is 3. The molecule has 0 bridgehead atoms. The Kier molecular flexibility index (Phi) is 5.51. The molecule has 1 aromatic rings. The molecular weight excluding hydrogens is 298 g/mol. The van der Waals surface area contributed by atoms with Gasteiger partial charge in [0.1, 0.15) is 0 Å². The predicted octanol–water partition coefficient (Wildman–Crippen LogP) is 2.31. The molecule has 1 aliphatic heterocycles. The Hall–Kier alpha value is -1.49. The number of hydrogen-bond donors (Lipinski definition) is 1. The summed E-state index contributed by atoms with van der Waals surface area (Å²) in [5.41, 5.74) is 0.288. The highest BCUT2D eigenvalue weighted by molar-refractivity contribution is 7.85. The molecule has 1 amide bonds. The number of amides is 1. The number of nitrogens with one attached hydrogen (secondary N) is 1. The van der Waals surface area contributed by atoms with Gasteiger partial charge in [0, 0.05) is 46.8 Å². The van der Waals surface area contributed by atoms with Gasteiger partial charge < -0.3 is 5.32 Å². The SMILES string of the molecule is CC(C)(CC(=O)N[C@@H]1CC[S@](=O)C1)CC(=O)c1ccccc1. The Morgan fingerprint density at radius 2 is 1.91 bits per heavy atom. The van der Waals surface area contributed by atoms with Gasteiger partial charge in [-0.1, -0.05) is 44.2 Å². The zero-order valence-corrected chi connectivity index (χ0v) is 13.9. The van der Waals surface area contributed by atoms with Crippen LogP contribution < -0.4 is 5.32 Å². The van der Waals surface area contributed by atoms with E-state index in [1.165, 1.54) is 0 Å². The van der Waals surface area contributed by atoms with Crippen molar-refractivity contribution in [1.29, 1.82) is 0 Å². The third-order valence-corrected chi connectivity index (χ3v) is 5.29. The lowest BCUT2D eigenvalue weighted by Gasteiger charge is -2.24. The maximum atomic E-state index is 12.3. The van der Waals surface area contributed by atoms with Gasteiger partial charge in [0.2, 0.25) is 5.91 Å². The molecule has 0 radical (unpaired) electrons. The normalized spacial score (nSPS) is 21.5. The molecule has 0 unspecified atom stereocenters. The zero-order valence-electron chi connectivity index (χ0n) is 13.1. The Balaban J connectivity index is 1.86. The first-order valence-corrected chi connectivity index (χ1v) is 9.07. The molecule has 2 atom stereocenters. The summed E-state index contributed by atoms with van der Waals surface area (Å²) in [4.78, 5) is 24.4. The molecule has 2 rings (SSSR count). The maximum Gasteiger partial charge on any atom is 0.220 e. The number of ketones is 1. The molecule has 4 nitrogen and oxygen atoms in total.